The SMILES string of the molecule is CC/C=C\C/C=C\C/C=C\C/C=C\C/C=C\CCCC(=O)OC1C(OCC(COC(=O)CCCCCCC/C=C\CCCCCCCC)OC(=O)CC/C=C\C/C=C\C/C=C\C/C=C\CC)OC(C(=O)O)C(O)C1O. The third-order valence-electron chi connectivity index (χ3n) is 12.0. The summed E-state index contributed by atoms with van der Waals surface area (Å²) in [5, 5.41) is 31.4. The number of rotatable bonds is 46. The average Bonchev–Trinajstić information content (AvgIpc) is 3.39. The Kier molecular flexibility index (Phi) is 45.4. The maximum absolute atomic E-state index is 13.1. The van der Waals surface area contributed by atoms with Crippen LogP contribution in [0.25, 0.3) is 0 Å². The molecule has 0 aromatic rings. The molecule has 1 rings (SSSR count). The molecule has 1 fully saturated rings. The topological polar surface area (TPSA) is 175 Å². The molecule has 1 aliphatic heterocycles. The number of aliphatic carboxylic acids is 1. The molecule has 6 unspecified atom stereocenters. The van der Waals surface area contributed by atoms with E-state index in [4.69, 9.17) is 23.7 Å². The van der Waals surface area contributed by atoms with Crippen LogP contribution in [-0.2, 0) is 42.9 Å². The summed E-state index contributed by atoms with van der Waals surface area (Å²) in [6.45, 7) is 5.64. The highest BCUT2D eigenvalue weighted by molar-refractivity contribution is 5.74. The van der Waals surface area contributed by atoms with E-state index in [1.807, 2.05) is 24.3 Å². The Morgan fingerprint density at radius 1 is 0.453 bits per heavy atom. The highest BCUT2D eigenvalue weighted by atomic mass is 16.7. The standard InChI is InChI=1S/C63H98O12/c1-4-7-10-13-16-19-22-25-27-28-30-33-36-39-42-45-48-51-57(66)74-61-59(68)58(67)60(62(69)70)75-63(61)72-53-54(73-56(65)50-47-44-41-38-35-31-24-21-18-15-12-9-6-3)52-71-55(64)49-46-43-40-37-34-32-29-26-23-20-17-14-11-8-5-2/h7,9-10,12,16,18-19,21,25-27,29-31,33,35,39,41-42,44,54,58-61,63,67-68H,4-6,8,11,13-15,17,20,22-24,28,32,34,36-38,40,43,45-53H2,1-3H3,(H,69,70)/b10-7-,12-9-,19-16-,21-18-,27-25-,29-26-,33-30-,35-31-,42-39-,44-41-. The van der Waals surface area contributed by atoms with E-state index < -0.39 is 67.3 Å². The number of carboxylic acid groups (broad SMARTS) is 1. The fourth-order valence-corrected chi connectivity index (χ4v) is 7.70. The van der Waals surface area contributed by atoms with Gasteiger partial charge in [-0.25, -0.2) is 4.79 Å². The molecule has 0 aromatic heterocycles. The lowest BCUT2D eigenvalue weighted by molar-refractivity contribution is -0.301. The summed E-state index contributed by atoms with van der Waals surface area (Å²) in [7, 11) is 0. The lowest BCUT2D eigenvalue weighted by Crippen LogP contribution is -2.61. The van der Waals surface area contributed by atoms with Crippen molar-refractivity contribution in [1.29, 1.82) is 0 Å². The van der Waals surface area contributed by atoms with Gasteiger partial charge in [-0.2, -0.15) is 0 Å². The van der Waals surface area contributed by atoms with Crippen LogP contribution >= 0.6 is 0 Å². The summed E-state index contributed by atoms with van der Waals surface area (Å²) in [4.78, 5) is 51.0. The van der Waals surface area contributed by atoms with Gasteiger partial charge in [0.2, 0.25) is 0 Å². The van der Waals surface area contributed by atoms with Gasteiger partial charge in [-0.05, 0) is 109 Å². The molecule has 12 heteroatoms. The molecule has 422 valence electrons. The minimum atomic E-state index is -1.94. The molecule has 3 N–H and O–H groups in total. The van der Waals surface area contributed by atoms with Crippen LogP contribution in [0.3, 0.4) is 0 Å². The van der Waals surface area contributed by atoms with Crippen LogP contribution in [0.1, 0.15) is 201 Å². The number of allylic oxidation sites excluding steroid dienone is 20. The summed E-state index contributed by atoms with van der Waals surface area (Å²) in [5.74, 6) is -3.34. The predicted molar refractivity (Wildman–Crippen MR) is 303 cm³/mol. The summed E-state index contributed by atoms with van der Waals surface area (Å²) in [5.41, 5.74) is 0. The van der Waals surface area contributed by atoms with Gasteiger partial charge < -0.3 is 39.0 Å². The summed E-state index contributed by atoms with van der Waals surface area (Å²) in [6, 6.07) is 0. The fourth-order valence-electron chi connectivity index (χ4n) is 7.70. The van der Waals surface area contributed by atoms with Crippen molar-refractivity contribution in [2.24, 2.45) is 0 Å². The Balaban J connectivity index is 2.78. The molecule has 1 heterocycles. The van der Waals surface area contributed by atoms with Crippen LogP contribution in [0.5, 0.6) is 0 Å². The Morgan fingerprint density at radius 3 is 1.39 bits per heavy atom. The number of aliphatic hydroxyl groups excluding tert-OH is 2. The minimum Gasteiger partial charge on any atom is -0.479 e. The molecule has 0 saturated carbocycles. The molecule has 6 atom stereocenters. The number of carboxylic acids is 1. The number of aliphatic hydroxyl groups is 2. The van der Waals surface area contributed by atoms with Gasteiger partial charge in [-0.15, -0.1) is 0 Å². The van der Waals surface area contributed by atoms with E-state index >= 15 is 0 Å². The second-order valence-electron chi connectivity index (χ2n) is 18.8. The highest BCUT2D eigenvalue weighted by Crippen LogP contribution is 2.26. The highest BCUT2D eigenvalue weighted by Gasteiger charge is 2.50. The van der Waals surface area contributed by atoms with E-state index in [0.29, 0.717) is 32.1 Å². The smallest absolute Gasteiger partial charge is 0.335 e. The van der Waals surface area contributed by atoms with Gasteiger partial charge in [0.05, 0.1) is 6.61 Å². The van der Waals surface area contributed by atoms with Crippen molar-refractivity contribution in [3.05, 3.63) is 122 Å². The number of hydrogen-bond acceptors (Lipinski definition) is 11. The molecule has 1 aliphatic rings. The maximum atomic E-state index is 13.1. The van der Waals surface area contributed by atoms with Crippen molar-refractivity contribution in [3.8, 4) is 0 Å². The molecule has 12 nitrogen and oxygen atoms in total. The van der Waals surface area contributed by atoms with Crippen LogP contribution in [0.4, 0.5) is 0 Å². The number of unbranched alkanes of at least 4 members (excludes halogenated alkanes) is 12. The van der Waals surface area contributed by atoms with E-state index in [0.717, 1.165) is 89.9 Å². The van der Waals surface area contributed by atoms with E-state index in [1.54, 1.807) is 0 Å². The van der Waals surface area contributed by atoms with Crippen molar-refractivity contribution in [2.45, 2.75) is 237 Å². The van der Waals surface area contributed by atoms with E-state index in [-0.39, 0.29) is 25.9 Å². The van der Waals surface area contributed by atoms with Crippen molar-refractivity contribution < 1.29 is 58.2 Å². The van der Waals surface area contributed by atoms with Gasteiger partial charge in [0, 0.05) is 19.3 Å². The normalized spacial score (nSPS) is 19.1. The lowest BCUT2D eigenvalue weighted by atomic mass is 9.98. The molecular formula is C63H98O12. The fraction of sp³-hybridized carbons (Fsp3) is 0.619. The van der Waals surface area contributed by atoms with Crippen LogP contribution in [0, 0.1) is 0 Å². The van der Waals surface area contributed by atoms with Gasteiger partial charge in [0.15, 0.2) is 24.6 Å². The summed E-state index contributed by atoms with van der Waals surface area (Å²) in [6.07, 6.45) is 56.3. The molecule has 0 aliphatic carbocycles. The van der Waals surface area contributed by atoms with Crippen LogP contribution < -0.4 is 0 Å². The minimum absolute atomic E-state index is 0.0272. The molecule has 0 amide bonds. The van der Waals surface area contributed by atoms with Gasteiger partial charge >= 0.3 is 23.9 Å². The van der Waals surface area contributed by atoms with Crippen molar-refractivity contribution in [3.63, 3.8) is 0 Å². The maximum Gasteiger partial charge on any atom is 0.335 e. The monoisotopic (exact) mass is 1050 g/mol. The third-order valence-corrected chi connectivity index (χ3v) is 12.0. The Morgan fingerprint density at radius 2 is 0.880 bits per heavy atom. The van der Waals surface area contributed by atoms with Crippen molar-refractivity contribution >= 4 is 23.9 Å². The van der Waals surface area contributed by atoms with Gasteiger partial charge in [-0.3, -0.25) is 14.4 Å². The van der Waals surface area contributed by atoms with E-state index in [1.165, 1.54) is 38.5 Å². The molecule has 0 spiro atoms. The van der Waals surface area contributed by atoms with E-state index in [2.05, 4.69) is 118 Å². The quantitative estimate of drug-likeness (QED) is 0.0228. The second kappa shape index (κ2) is 50.0. The number of carbonyl (C=O) groups is 4. The van der Waals surface area contributed by atoms with Gasteiger partial charge in [-0.1, -0.05) is 194 Å². The Hall–Kier alpha value is -4.88. The molecule has 75 heavy (non-hydrogen) atoms. The van der Waals surface area contributed by atoms with Crippen molar-refractivity contribution in [2.75, 3.05) is 13.2 Å². The first kappa shape index (κ1) is 68.1. The van der Waals surface area contributed by atoms with Crippen molar-refractivity contribution in [1.82, 2.24) is 0 Å². The predicted octanol–water partition coefficient (Wildman–Crippen LogP) is 14.4. The second-order valence-corrected chi connectivity index (χ2v) is 18.8. The third kappa shape index (κ3) is 40.1. The number of hydrogen-bond donors (Lipinski definition) is 3. The first-order valence-corrected chi connectivity index (χ1v) is 28.5. The zero-order chi connectivity index (χ0) is 54.7. The lowest BCUT2D eigenvalue weighted by Gasteiger charge is -2.40. The molecule has 0 radical (unpaired) electrons. The zero-order valence-corrected chi connectivity index (χ0v) is 46.2. The summed E-state index contributed by atoms with van der Waals surface area (Å²) < 4.78 is 28.2. The number of ether oxygens (including phenoxy) is 5. The van der Waals surface area contributed by atoms with Crippen LogP contribution in [0.15, 0.2) is 122 Å². The average molecular weight is 1050 g/mol. The molecule has 0 bridgehead atoms. The number of esters is 3. The van der Waals surface area contributed by atoms with E-state index in [9.17, 15) is 34.5 Å². The Bertz CT molecular complexity index is 1770. The van der Waals surface area contributed by atoms with Crippen LogP contribution in [-0.4, -0.2) is 89.2 Å². The largest absolute Gasteiger partial charge is 0.479 e. The first-order chi connectivity index (χ1) is 36.6. The Labute approximate surface area is 452 Å². The first-order valence-electron chi connectivity index (χ1n) is 28.5. The zero-order valence-electron chi connectivity index (χ0n) is 46.2. The number of carbonyl (C=O) groups excluding carboxylic acids is 3. The molecular weight excluding hydrogens is 949 g/mol. The molecule has 1 saturated heterocycles. The van der Waals surface area contributed by atoms with Crippen LogP contribution in [0.2, 0.25) is 0 Å². The van der Waals surface area contributed by atoms with Gasteiger partial charge in [0.25, 0.3) is 0 Å². The molecule has 0 aromatic carbocycles. The van der Waals surface area contributed by atoms with Gasteiger partial charge in [0.1, 0.15) is 18.8 Å². The summed E-state index contributed by atoms with van der Waals surface area (Å²) >= 11 is 0.